The van der Waals surface area contributed by atoms with Crippen molar-refractivity contribution in [3.8, 4) is 11.5 Å². The fourth-order valence-electron chi connectivity index (χ4n) is 2.18. The largest absolute Gasteiger partial charge is 0.497 e. The van der Waals surface area contributed by atoms with Crippen molar-refractivity contribution in [2.45, 2.75) is 12.5 Å². The van der Waals surface area contributed by atoms with Crippen molar-refractivity contribution in [2.24, 2.45) is 5.92 Å². The summed E-state index contributed by atoms with van der Waals surface area (Å²) in [5.41, 5.74) is 0.998. The molecule has 17 heavy (non-hydrogen) atoms. The number of ether oxygens (including phenoxy) is 3. The molecule has 1 aliphatic heterocycles. The molecule has 1 aromatic rings. The molecule has 0 aromatic heterocycles. The zero-order valence-corrected chi connectivity index (χ0v) is 10.2. The smallest absolute Gasteiger partial charge is 0.122 e. The molecule has 1 aromatic carbocycles. The van der Waals surface area contributed by atoms with Gasteiger partial charge in [0.15, 0.2) is 0 Å². The molecule has 2 rings (SSSR count). The topological polar surface area (TPSA) is 47.9 Å². The van der Waals surface area contributed by atoms with Crippen LogP contribution in [0.2, 0.25) is 0 Å². The number of aliphatic hydroxyl groups is 1. The molecule has 1 saturated heterocycles. The van der Waals surface area contributed by atoms with E-state index < -0.39 is 0 Å². The molecule has 1 N–H and O–H groups in total. The standard InChI is InChI=1S/C13H18O4/c1-15-11-5-10(6-12(7-11)16-2)13-9(8-14)3-4-17-13/h5-7,9,13-14H,3-4,8H2,1-2H3. The van der Waals surface area contributed by atoms with E-state index in [0.29, 0.717) is 6.61 Å². The molecule has 1 fully saturated rings. The fraction of sp³-hybridized carbons (Fsp3) is 0.538. The van der Waals surface area contributed by atoms with Gasteiger partial charge in [-0.1, -0.05) is 0 Å². The van der Waals surface area contributed by atoms with Crippen LogP contribution in [0.5, 0.6) is 11.5 Å². The Hall–Kier alpha value is -1.26. The van der Waals surface area contributed by atoms with Gasteiger partial charge in [-0.15, -0.1) is 0 Å². The van der Waals surface area contributed by atoms with Gasteiger partial charge in [0.2, 0.25) is 0 Å². The SMILES string of the molecule is COc1cc(OC)cc(C2OCCC2CO)c1. The van der Waals surface area contributed by atoms with Crippen molar-refractivity contribution in [3.05, 3.63) is 23.8 Å². The summed E-state index contributed by atoms with van der Waals surface area (Å²) in [6.45, 7) is 0.833. The highest BCUT2D eigenvalue weighted by Crippen LogP contribution is 2.37. The highest BCUT2D eigenvalue weighted by atomic mass is 16.5. The maximum atomic E-state index is 9.31. The van der Waals surface area contributed by atoms with Crippen molar-refractivity contribution in [3.63, 3.8) is 0 Å². The summed E-state index contributed by atoms with van der Waals surface area (Å²) in [5.74, 6) is 1.64. The second kappa shape index (κ2) is 5.38. The Morgan fingerprint density at radius 1 is 1.24 bits per heavy atom. The van der Waals surface area contributed by atoms with E-state index in [-0.39, 0.29) is 18.6 Å². The summed E-state index contributed by atoms with van der Waals surface area (Å²) in [6, 6.07) is 5.69. The third-order valence-corrected chi connectivity index (χ3v) is 3.15. The number of aliphatic hydroxyl groups excluding tert-OH is 1. The van der Waals surface area contributed by atoms with Crippen molar-refractivity contribution < 1.29 is 19.3 Å². The average Bonchev–Trinajstić information content (AvgIpc) is 2.86. The van der Waals surface area contributed by atoms with Crippen LogP contribution in [0.15, 0.2) is 18.2 Å². The first-order valence-electron chi connectivity index (χ1n) is 5.74. The summed E-state index contributed by atoms with van der Waals surface area (Å²) >= 11 is 0. The van der Waals surface area contributed by atoms with Crippen molar-refractivity contribution in [1.29, 1.82) is 0 Å². The summed E-state index contributed by atoms with van der Waals surface area (Å²) in [4.78, 5) is 0. The first-order valence-corrected chi connectivity index (χ1v) is 5.74. The number of hydrogen-bond donors (Lipinski definition) is 1. The molecule has 0 bridgehead atoms. The zero-order valence-electron chi connectivity index (χ0n) is 10.2. The van der Waals surface area contributed by atoms with Crippen LogP contribution >= 0.6 is 0 Å². The van der Waals surface area contributed by atoms with E-state index in [1.165, 1.54) is 0 Å². The van der Waals surface area contributed by atoms with Gasteiger partial charge in [-0.25, -0.2) is 0 Å². The van der Waals surface area contributed by atoms with Crippen LogP contribution in [0.3, 0.4) is 0 Å². The number of hydrogen-bond acceptors (Lipinski definition) is 4. The van der Waals surface area contributed by atoms with Gasteiger partial charge in [-0.2, -0.15) is 0 Å². The Bertz CT molecular complexity index is 355. The molecule has 0 amide bonds. The van der Waals surface area contributed by atoms with Crippen LogP contribution in [0, 0.1) is 5.92 Å². The van der Waals surface area contributed by atoms with Gasteiger partial charge in [0.1, 0.15) is 11.5 Å². The number of rotatable bonds is 4. The Labute approximate surface area is 101 Å². The maximum absolute atomic E-state index is 9.31. The van der Waals surface area contributed by atoms with E-state index in [0.717, 1.165) is 23.5 Å². The molecule has 0 radical (unpaired) electrons. The Kier molecular flexibility index (Phi) is 3.86. The Balaban J connectivity index is 2.30. The monoisotopic (exact) mass is 238 g/mol. The summed E-state index contributed by atoms with van der Waals surface area (Å²) < 4.78 is 16.1. The highest BCUT2D eigenvalue weighted by Gasteiger charge is 2.29. The molecule has 0 spiro atoms. The lowest BCUT2D eigenvalue weighted by Crippen LogP contribution is -2.11. The quantitative estimate of drug-likeness (QED) is 0.868. The number of benzene rings is 1. The highest BCUT2D eigenvalue weighted by molar-refractivity contribution is 5.39. The second-order valence-electron chi connectivity index (χ2n) is 4.17. The lowest BCUT2D eigenvalue weighted by Gasteiger charge is -2.18. The molecule has 1 aliphatic rings. The van der Waals surface area contributed by atoms with E-state index in [1.54, 1.807) is 14.2 Å². The van der Waals surface area contributed by atoms with E-state index in [2.05, 4.69) is 0 Å². The number of methoxy groups -OCH3 is 2. The molecular formula is C13H18O4. The molecule has 2 unspecified atom stereocenters. The van der Waals surface area contributed by atoms with E-state index in [4.69, 9.17) is 14.2 Å². The molecule has 94 valence electrons. The minimum Gasteiger partial charge on any atom is -0.497 e. The third kappa shape index (κ3) is 2.53. The first-order chi connectivity index (χ1) is 8.28. The molecular weight excluding hydrogens is 220 g/mol. The van der Waals surface area contributed by atoms with Gasteiger partial charge < -0.3 is 19.3 Å². The molecule has 4 heteroatoms. The van der Waals surface area contributed by atoms with Gasteiger partial charge in [0.05, 0.1) is 20.3 Å². The predicted octanol–water partition coefficient (Wildman–Crippen LogP) is 1.77. The predicted molar refractivity (Wildman–Crippen MR) is 63.4 cm³/mol. The average molecular weight is 238 g/mol. The second-order valence-corrected chi connectivity index (χ2v) is 4.17. The first kappa shape index (κ1) is 12.2. The minimum atomic E-state index is -0.0657. The Morgan fingerprint density at radius 3 is 2.41 bits per heavy atom. The summed E-state index contributed by atoms with van der Waals surface area (Å²) in [6.07, 6.45) is 0.824. The van der Waals surface area contributed by atoms with Gasteiger partial charge in [-0.3, -0.25) is 0 Å². The van der Waals surface area contributed by atoms with Crippen molar-refractivity contribution in [1.82, 2.24) is 0 Å². The van der Waals surface area contributed by atoms with E-state index in [9.17, 15) is 5.11 Å². The van der Waals surface area contributed by atoms with Crippen molar-refractivity contribution >= 4 is 0 Å². The van der Waals surface area contributed by atoms with Gasteiger partial charge in [-0.05, 0) is 24.1 Å². The molecule has 0 saturated carbocycles. The zero-order chi connectivity index (χ0) is 12.3. The minimum absolute atomic E-state index is 0.0657. The maximum Gasteiger partial charge on any atom is 0.122 e. The molecule has 1 heterocycles. The lowest BCUT2D eigenvalue weighted by molar-refractivity contribution is 0.0717. The van der Waals surface area contributed by atoms with Crippen LogP contribution in [-0.4, -0.2) is 32.5 Å². The van der Waals surface area contributed by atoms with Crippen LogP contribution < -0.4 is 9.47 Å². The van der Waals surface area contributed by atoms with Gasteiger partial charge >= 0.3 is 0 Å². The van der Waals surface area contributed by atoms with Crippen LogP contribution in [0.25, 0.3) is 0 Å². The third-order valence-electron chi connectivity index (χ3n) is 3.15. The normalized spacial score (nSPS) is 23.7. The Morgan fingerprint density at radius 2 is 1.88 bits per heavy atom. The van der Waals surface area contributed by atoms with Crippen LogP contribution in [0.1, 0.15) is 18.1 Å². The van der Waals surface area contributed by atoms with Crippen molar-refractivity contribution in [2.75, 3.05) is 27.4 Å². The molecule has 4 nitrogen and oxygen atoms in total. The summed E-state index contributed by atoms with van der Waals surface area (Å²) in [5, 5.41) is 9.31. The fourth-order valence-corrected chi connectivity index (χ4v) is 2.18. The van der Waals surface area contributed by atoms with E-state index in [1.807, 2.05) is 18.2 Å². The lowest BCUT2D eigenvalue weighted by atomic mass is 9.96. The van der Waals surface area contributed by atoms with E-state index >= 15 is 0 Å². The summed E-state index contributed by atoms with van der Waals surface area (Å²) in [7, 11) is 3.25. The van der Waals surface area contributed by atoms with Crippen LogP contribution in [-0.2, 0) is 4.74 Å². The van der Waals surface area contributed by atoms with Gasteiger partial charge in [0, 0.05) is 25.2 Å². The molecule has 0 aliphatic carbocycles. The van der Waals surface area contributed by atoms with Gasteiger partial charge in [0.25, 0.3) is 0 Å². The molecule has 2 atom stereocenters. The van der Waals surface area contributed by atoms with Crippen LogP contribution in [0.4, 0.5) is 0 Å².